The van der Waals surface area contributed by atoms with Crippen molar-refractivity contribution in [2.75, 3.05) is 0 Å². The summed E-state index contributed by atoms with van der Waals surface area (Å²) in [7, 11) is 0. The highest BCUT2D eigenvalue weighted by Crippen LogP contribution is 2.32. The molecular weight excluding hydrogens is 675 g/mol. The van der Waals surface area contributed by atoms with Gasteiger partial charge in [-0.2, -0.15) is 22.9 Å². The zero-order chi connectivity index (χ0) is 28.4. The van der Waals surface area contributed by atoms with Crippen molar-refractivity contribution in [2.45, 2.75) is 12.8 Å². The Labute approximate surface area is 248 Å². The molecule has 0 aliphatic rings. The van der Waals surface area contributed by atoms with E-state index in [1.165, 1.54) is 18.3 Å². The summed E-state index contributed by atoms with van der Waals surface area (Å²) in [4.78, 5) is 17.8. The van der Waals surface area contributed by atoms with Crippen molar-refractivity contribution < 1.29 is 17.9 Å². The lowest BCUT2D eigenvalue weighted by Gasteiger charge is -2.12. The number of para-hydroxylation sites is 1. The van der Waals surface area contributed by atoms with Crippen LogP contribution in [0.4, 0.5) is 13.2 Å². The van der Waals surface area contributed by atoms with Gasteiger partial charge in [0.25, 0.3) is 5.56 Å². The first-order valence-electron chi connectivity index (χ1n) is 11.7. The number of nitrogens with zero attached hydrogens (tertiary/aromatic N) is 3. The molecule has 5 aromatic rings. The Hall–Kier alpha value is -3.47. The number of aromatic nitrogens is 2. The Kier molecular flexibility index (Phi) is 8.11. The summed E-state index contributed by atoms with van der Waals surface area (Å²) in [5, 5.41) is 4.90. The monoisotopic (exact) mass is 689 g/mol. The van der Waals surface area contributed by atoms with E-state index in [4.69, 9.17) is 16.3 Å². The van der Waals surface area contributed by atoms with E-state index in [1.54, 1.807) is 42.5 Å². The van der Waals surface area contributed by atoms with E-state index in [2.05, 4.69) is 41.9 Å². The quantitative estimate of drug-likeness (QED) is 0.168. The number of hydrogen-bond donors (Lipinski definition) is 0. The second-order valence-electron chi connectivity index (χ2n) is 8.61. The standard InChI is InChI=1S/C29H17Br2ClF3N3O2/c30-21-10-9-19(23(31)14-21)16-40-26-11-8-17(12-24(26)32)15-36-38-27(18-4-3-5-20(13-18)29(33,34)35)37-25-7-2-1-6-22(25)28(38)39/h1-15H,16H2. The summed E-state index contributed by atoms with van der Waals surface area (Å²) < 4.78 is 48.9. The lowest BCUT2D eigenvalue weighted by Crippen LogP contribution is -2.20. The normalized spacial score (nSPS) is 11.8. The van der Waals surface area contributed by atoms with Crippen molar-refractivity contribution in [3.8, 4) is 17.1 Å². The number of alkyl halides is 3. The predicted molar refractivity (Wildman–Crippen MR) is 157 cm³/mol. The predicted octanol–water partition coefficient (Wildman–Crippen LogP) is 8.72. The second kappa shape index (κ2) is 11.6. The number of fused-ring (bicyclic) bond motifs is 1. The van der Waals surface area contributed by atoms with Crippen LogP contribution in [0.3, 0.4) is 0 Å². The maximum atomic E-state index is 13.4. The third-order valence-corrected chi connectivity index (χ3v) is 7.41. The molecule has 11 heteroatoms. The topological polar surface area (TPSA) is 56.5 Å². The Morgan fingerprint density at radius 1 is 0.975 bits per heavy atom. The Balaban J connectivity index is 1.49. The van der Waals surface area contributed by atoms with E-state index in [-0.39, 0.29) is 23.4 Å². The average Bonchev–Trinajstić information content (AvgIpc) is 2.92. The minimum absolute atomic E-state index is 0.0304. The summed E-state index contributed by atoms with van der Waals surface area (Å²) in [5.74, 6) is 0.417. The maximum absolute atomic E-state index is 13.4. The molecule has 0 saturated carbocycles. The van der Waals surface area contributed by atoms with E-state index >= 15 is 0 Å². The van der Waals surface area contributed by atoms with Crippen LogP contribution < -0.4 is 10.3 Å². The van der Waals surface area contributed by atoms with Crippen LogP contribution in [0.15, 0.2) is 104 Å². The molecule has 0 unspecified atom stereocenters. The minimum atomic E-state index is -4.56. The fourth-order valence-corrected chi connectivity index (χ4v) is 5.29. The van der Waals surface area contributed by atoms with Gasteiger partial charge in [0.2, 0.25) is 0 Å². The number of ether oxygens (including phenoxy) is 1. The van der Waals surface area contributed by atoms with Crippen LogP contribution in [0.1, 0.15) is 16.7 Å². The fraction of sp³-hybridized carbons (Fsp3) is 0.0690. The molecule has 202 valence electrons. The van der Waals surface area contributed by atoms with Gasteiger partial charge in [0, 0.05) is 20.1 Å². The van der Waals surface area contributed by atoms with Crippen LogP contribution in [0.2, 0.25) is 5.02 Å². The van der Waals surface area contributed by atoms with Gasteiger partial charge in [0.15, 0.2) is 5.82 Å². The van der Waals surface area contributed by atoms with Crippen molar-refractivity contribution >= 4 is 60.6 Å². The van der Waals surface area contributed by atoms with Gasteiger partial charge in [0.1, 0.15) is 12.4 Å². The van der Waals surface area contributed by atoms with Gasteiger partial charge in [-0.15, -0.1) is 0 Å². The van der Waals surface area contributed by atoms with Gasteiger partial charge < -0.3 is 4.74 Å². The van der Waals surface area contributed by atoms with Crippen molar-refractivity contribution in [1.29, 1.82) is 0 Å². The summed E-state index contributed by atoms with van der Waals surface area (Å²) in [6, 6.07) is 21.9. The molecule has 4 aromatic carbocycles. The third-order valence-electron chi connectivity index (χ3n) is 5.88. The van der Waals surface area contributed by atoms with E-state index < -0.39 is 17.3 Å². The van der Waals surface area contributed by atoms with Crippen LogP contribution in [0.5, 0.6) is 5.75 Å². The molecule has 0 spiro atoms. The Bertz CT molecular complexity index is 1820. The Morgan fingerprint density at radius 3 is 2.52 bits per heavy atom. The molecule has 0 fully saturated rings. The molecular formula is C29H17Br2ClF3N3O2. The molecule has 1 aromatic heterocycles. The molecule has 0 aliphatic carbocycles. The lowest BCUT2D eigenvalue weighted by molar-refractivity contribution is -0.137. The van der Waals surface area contributed by atoms with E-state index in [1.807, 2.05) is 18.2 Å². The number of halogens is 6. The van der Waals surface area contributed by atoms with Gasteiger partial charge in [-0.05, 0) is 60.2 Å². The zero-order valence-corrected chi connectivity index (χ0v) is 24.2. The van der Waals surface area contributed by atoms with Crippen LogP contribution in [0.25, 0.3) is 22.3 Å². The highest BCUT2D eigenvalue weighted by molar-refractivity contribution is 9.11. The molecule has 0 N–H and O–H groups in total. The van der Waals surface area contributed by atoms with Crippen LogP contribution in [-0.4, -0.2) is 15.9 Å². The van der Waals surface area contributed by atoms with E-state index in [0.29, 0.717) is 21.9 Å². The summed E-state index contributed by atoms with van der Waals surface area (Å²) in [5.41, 5.74) is 0.511. The zero-order valence-electron chi connectivity index (χ0n) is 20.3. The smallest absolute Gasteiger partial charge is 0.416 e. The van der Waals surface area contributed by atoms with Crippen molar-refractivity contribution in [1.82, 2.24) is 9.66 Å². The lowest BCUT2D eigenvalue weighted by atomic mass is 10.1. The molecule has 1 heterocycles. The van der Waals surface area contributed by atoms with Gasteiger partial charge in [-0.1, -0.05) is 73.8 Å². The summed E-state index contributed by atoms with van der Waals surface area (Å²) in [6.45, 7) is 0.277. The first-order valence-corrected chi connectivity index (χ1v) is 13.7. The van der Waals surface area contributed by atoms with Gasteiger partial charge in [0.05, 0.1) is 27.7 Å². The summed E-state index contributed by atoms with van der Waals surface area (Å²) >= 11 is 13.4. The van der Waals surface area contributed by atoms with Crippen LogP contribution in [0, 0.1) is 0 Å². The van der Waals surface area contributed by atoms with Crippen molar-refractivity contribution in [3.63, 3.8) is 0 Å². The molecule has 0 atom stereocenters. The average molecular weight is 692 g/mol. The maximum Gasteiger partial charge on any atom is 0.416 e. The molecule has 0 amide bonds. The van der Waals surface area contributed by atoms with Crippen molar-refractivity contribution in [2.24, 2.45) is 5.10 Å². The molecule has 0 saturated heterocycles. The number of benzene rings is 4. The van der Waals surface area contributed by atoms with Crippen molar-refractivity contribution in [3.05, 3.63) is 126 Å². The van der Waals surface area contributed by atoms with Gasteiger partial charge >= 0.3 is 6.18 Å². The van der Waals surface area contributed by atoms with Gasteiger partial charge in [-0.25, -0.2) is 4.98 Å². The van der Waals surface area contributed by atoms with E-state index in [9.17, 15) is 18.0 Å². The highest BCUT2D eigenvalue weighted by atomic mass is 79.9. The van der Waals surface area contributed by atoms with Crippen LogP contribution in [-0.2, 0) is 12.8 Å². The van der Waals surface area contributed by atoms with E-state index in [0.717, 1.165) is 31.3 Å². The third kappa shape index (κ3) is 6.14. The fourth-order valence-electron chi connectivity index (χ4n) is 3.89. The second-order valence-corrected chi connectivity index (χ2v) is 10.8. The molecule has 5 rings (SSSR count). The van der Waals surface area contributed by atoms with Gasteiger partial charge in [-0.3, -0.25) is 4.79 Å². The molecule has 0 aliphatic heterocycles. The largest absolute Gasteiger partial charge is 0.487 e. The minimum Gasteiger partial charge on any atom is -0.487 e. The molecule has 0 radical (unpaired) electrons. The number of rotatable bonds is 6. The first-order chi connectivity index (χ1) is 19.1. The van der Waals surface area contributed by atoms with Crippen LogP contribution >= 0.6 is 43.5 Å². The molecule has 5 nitrogen and oxygen atoms in total. The number of hydrogen-bond acceptors (Lipinski definition) is 4. The Morgan fingerprint density at radius 2 is 1.77 bits per heavy atom. The molecule has 40 heavy (non-hydrogen) atoms. The SMILES string of the molecule is O=c1c2ccccc2nc(-c2cccc(C(F)(F)F)c2)n1N=Cc1ccc(OCc2ccc(Br)cc2Br)c(Cl)c1. The highest BCUT2D eigenvalue weighted by Gasteiger charge is 2.31. The molecule has 0 bridgehead atoms. The first kappa shape index (κ1) is 28.1. The summed E-state index contributed by atoms with van der Waals surface area (Å²) in [6.07, 6.45) is -3.18.